The second kappa shape index (κ2) is 6.97. The second-order valence-corrected chi connectivity index (χ2v) is 6.55. The highest BCUT2D eigenvalue weighted by molar-refractivity contribution is 7.85. The lowest BCUT2D eigenvalue weighted by molar-refractivity contribution is 0.199. The van der Waals surface area contributed by atoms with Crippen LogP contribution in [0.1, 0.15) is 24.7 Å². The molecule has 0 unspecified atom stereocenters. The molecular formula is C14H17N3O6S. The molecule has 130 valence electrons. The van der Waals surface area contributed by atoms with Crippen molar-refractivity contribution in [3.63, 3.8) is 0 Å². The quantitative estimate of drug-likeness (QED) is 0.762. The van der Waals surface area contributed by atoms with Crippen LogP contribution in [-0.2, 0) is 15.9 Å². The molecule has 0 spiro atoms. The van der Waals surface area contributed by atoms with Crippen molar-refractivity contribution in [3.05, 3.63) is 39.9 Å². The molecule has 2 aromatic rings. The van der Waals surface area contributed by atoms with E-state index in [4.69, 9.17) is 9.29 Å². The van der Waals surface area contributed by atoms with Gasteiger partial charge in [0.2, 0.25) is 5.75 Å². The standard InChI is InChI=1S/C14H17N3O6S/c1-3-7-15-14(19)23-12-10(8-24(20,21)22)16-11-6-4-5-9(2)17(11)13(12)18/h4-6H,3,7-8H2,1-2H3,(H,15,19)(H,20,21,22). The number of nitrogens with zero attached hydrogens (tertiary/aromatic N) is 2. The van der Waals surface area contributed by atoms with Gasteiger partial charge in [0.05, 0.1) is 0 Å². The molecule has 24 heavy (non-hydrogen) atoms. The van der Waals surface area contributed by atoms with Crippen LogP contribution in [0.15, 0.2) is 23.0 Å². The number of amides is 1. The number of pyridine rings is 1. The molecule has 2 N–H and O–H groups in total. The lowest BCUT2D eigenvalue weighted by Crippen LogP contribution is -2.32. The van der Waals surface area contributed by atoms with Gasteiger partial charge in [-0.25, -0.2) is 9.78 Å². The largest absolute Gasteiger partial charge is 0.412 e. The van der Waals surface area contributed by atoms with Gasteiger partial charge in [0, 0.05) is 12.2 Å². The van der Waals surface area contributed by atoms with Gasteiger partial charge in [-0.05, 0) is 25.5 Å². The van der Waals surface area contributed by atoms with E-state index in [1.165, 1.54) is 10.5 Å². The number of rotatable bonds is 5. The summed E-state index contributed by atoms with van der Waals surface area (Å²) in [6, 6.07) is 4.80. The van der Waals surface area contributed by atoms with Crippen molar-refractivity contribution >= 4 is 21.9 Å². The molecule has 0 saturated heterocycles. The average molecular weight is 355 g/mol. The maximum absolute atomic E-state index is 12.6. The molecule has 0 aliphatic carbocycles. The van der Waals surface area contributed by atoms with Gasteiger partial charge in [0.25, 0.3) is 10.1 Å². The van der Waals surface area contributed by atoms with Crippen molar-refractivity contribution in [2.45, 2.75) is 26.0 Å². The summed E-state index contributed by atoms with van der Waals surface area (Å²) < 4.78 is 37.6. The van der Waals surface area contributed by atoms with Gasteiger partial charge in [-0.3, -0.25) is 13.7 Å². The zero-order chi connectivity index (χ0) is 17.9. The number of hydrogen-bond donors (Lipinski definition) is 2. The van der Waals surface area contributed by atoms with E-state index < -0.39 is 33.3 Å². The van der Waals surface area contributed by atoms with Crippen LogP contribution in [0.2, 0.25) is 0 Å². The van der Waals surface area contributed by atoms with Crippen molar-refractivity contribution in [2.75, 3.05) is 6.54 Å². The maximum atomic E-state index is 12.6. The molecule has 0 atom stereocenters. The first kappa shape index (κ1) is 17.9. The van der Waals surface area contributed by atoms with Gasteiger partial charge in [-0.1, -0.05) is 13.0 Å². The Morgan fingerprint density at radius 1 is 1.42 bits per heavy atom. The minimum Gasteiger partial charge on any atom is -0.402 e. The van der Waals surface area contributed by atoms with Gasteiger partial charge < -0.3 is 10.1 Å². The first-order chi connectivity index (χ1) is 11.2. The Labute approximate surface area is 138 Å². The minimum atomic E-state index is -4.47. The van der Waals surface area contributed by atoms with E-state index in [1.54, 1.807) is 19.1 Å². The molecule has 2 heterocycles. The molecule has 2 aromatic heterocycles. The van der Waals surface area contributed by atoms with Crippen LogP contribution in [0.3, 0.4) is 0 Å². The number of hydrogen-bond acceptors (Lipinski definition) is 6. The maximum Gasteiger partial charge on any atom is 0.412 e. The fourth-order valence-electron chi connectivity index (χ4n) is 2.10. The third kappa shape index (κ3) is 4.09. The van der Waals surface area contributed by atoms with Crippen LogP contribution in [0, 0.1) is 6.92 Å². The first-order valence-corrected chi connectivity index (χ1v) is 8.76. The predicted molar refractivity (Wildman–Crippen MR) is 85.8 cm³/mol. The summed E-state index contributed by atoms with van der Waals surface area (Å²) in [4.78, 5) is 28.4. The molecule has 10 heteroatoms. The summed E-state index contributed by atoms with van der Waals surface area (Å²) in [6.07, 6.45) is -0.248. The van der Waals surface area contributed by atoms with E-state index >= 15 is 0 Å². The number of fused-ring (bicyclic) bond motifs is 1. The summed E-state index contributed by atoms with van der Waals surface area (Å²) in [5.41, 5.74) is -0.356. The zero-order valence-corrected chi connectivity index (χ0v) is 14.0. The highest BCUT2D eigenvalue weighted by atomic mass is 32.2. The lowest BCUT2D eigenvalue weighted by atomic mass is 10.3. The monoisotopic (exact) mass is 355 g/mol. The third-order valence-electron chi connectivity index (χ3n) is 3.11. The fourth-order valence-corrected chi connectivity index (χ4v) is 2.64. The summed E-state index contributed by atoms with van der Waals surface area (Å²) in [5.74, 6) is -1.48. The Balaban J connectivity index is 2.61. The first-order valence-electron chi connectivity index (χ1n) is 7.15. The molecule has 0 aliphatic heterocycles. The van der Waals surface area contributed by atoms with E-state index in [0.29, 0.717) is 18.7 Å². The van der Waals surface area contributed by atoms with E-state index in [1.807, 2.05) is 6.92 Å². The Kier molecular flexibility index (Phi) is 5.20. The van der Waals surface area contributed by atoms with Crippen LogP contribution in [0.4, 0.5) is 4.79 Å². The number of ether oxygens (including phenoxy) is 1. The molecule has 0 aromatic carbocycles. The zero-order valence-electron chi connectivity index (χ0n) is 13.1. The number of carbonyl (C=O) groups excluding carboxylic acids is 1. The van der Waals surface area contributed by atoms with Gasteiger partial charge in [0.1, 0.15) is 17.1 Å². The number of nitrogens with one attached hydrogen (secondary N) is 1. The Bertz CT molecular complexity index is 935. The van der Waals surface area contributed by atoms with Crippen molar-refractivity contribution in [3.8, 4) is 5.75 Å². The normalized spacial score (nSPS) is 11.5. The van der Waals surface area contributed by atoms with Crippen LogP contribution in [-0.4, -0.2) is 35.0 Å². The molecule has 0 radical (unpaired) electrons. The molecule has 0 bridgehead atoms. The highest BCUT2D eigenvalue weighted by Crippen LogP contribution is 2.16. The minimum absolute atomic E-state index is 0.181. The summed E-state index contributed by atoms with van der Waals surface area (Å²) in [7, 11) is -4.47. The smallest absolute Gasteiger partial charge is 0.402 e. The molecule has 2 rings (SSSR count). The summed E-state index contributed by atoms with van der Waals surface area (Å²) in [5, 5.41) is 2.41. The molecule has 0 saturated carbocycles. The Hall–Kier alpha value is -2.46. The van der Waals surface area contributed by atoms with Crippen LogP contribution < -0.4 is 15.6 Å². The molecule has 1 amide bonds. The van der Waals surface area contributed by atoms with Crippen molar-refractivity contribution in [1.82, 2.24) is 14.7 Å². The SMILES string of the molecule is CCCNC(=O)Oc1c(CS(=O)(=O)O)nc2cccc(C)n2c1=O. The van der Waals surface area contributed by atoms with Crippen LogP contribution in [0.25, 0.3) is 5.65 Å². The predicted octanol–water partition coefficient (Wildman–Crippen LogP) is 0.889. The number of aryl methyl sites for hydroxylation is 1. The van der Waals surface area contributed by atoms with E-state index in [0.717, 1.165) is 0 Å². The Morgan fingerprint density at radius 3 is 2.75 bits per heavy atom. The van der Waals surface area contributed by atoms with Crippen LogP contribution in [0.5, 0.6) is 5.75 Å². The van der Waals surface area contributed by atoms with Crippen molar-refractivity contribution < 1.29 is 22.5 Å². The molecule has 0 fully saturated rings. The van der Waals surface area contributed by atoms with Gasteiger partial charge in [0.15, 0.2) is 0 Å². The molecule has 0 aliphatic rings. The van der Waals surface area contributed by atoms with Gasteiger partial charge >= 0.3 is 11.7 Å². The van der Waals surface area contributed by atoms with E-state index in [-0.39, 0.29) is 11.3 Å². The highest BCUT2D eigenvalue weighted by Gasteiger charge is 2.22. The van der Waals surface area contributed by atoms with E-state index in [9.17, 15) is 18.0 Å². The fraction of sp³-hybridized carbons (Fsp3) is 0.357. The van der Waals surface area contributed by atoms with Gasteiger partial charge in [-0.2, -0.15) is 8.42 Å². The average Bonchev–Trinajstić information content (AvgIpc) is 2.47. The van der Waals surface area contributed by atoms with Crippen LogP contribution >= 0.6 is 0 Å². The second-order valence-electron chi connectivity index (χ2n) is 5.10. The summed E-state index contributed by atoms with van der Waals surface area (Å²) in [6.45, 7) is 3.81. The molecule has 9 nitrogen and oxygen atoms in total. The Morgan fingerprint density at radius 2 is 2.12 bits per heavy atom. The number of aromatic nitrogens is 2. The third-order valence-corrected chi connectivity index (χ3v) is 3.74. The number of carbonyl (C=O) groups is 1. The molecular weight excluding hydrogens is 338 g/mol. The lowest BCUT2D eigenvalue weighted by Gasteiger charge is -2.12. The topological polar surface area (TPSA) is 127 Å². The van der Waals surface area contributed by atoms with Crippen molar-refractivity contribution in [1.29, 1.82) is 0 Å². The van der Waals surface area contributed by atoms with E-state index in [2.05, 4.69) is 10.3 Å². The summed E-state index contributed by atoms with van der Waals surface area (Å²) >= 11 is 0. The van der Waals surface area contributed by atoms with Gasteiger partial charge in [-0.15, -0.1) is 0 Å². The van der Waals surface area contributed by atoms with Crippen molar-refractivity contribution in [2.24, 2.45) is 0 Å².